The van der Waals surface area contributed by atoms with Crippen LogP contribution < -0.4 is 10.6 Å². The van der Waals surface area contributed by atoms with Crippen LogP contribution in [0.2, 0.25) is 0 Å². The summed E-state index contributed by atoms with van der Waals surface area (Å²) in [6.45, 7) is 6.76. The van der Waals surface area contributed by atoms with E-state index in [0.717, 1.165) is 4.31 Å². The van der Waals surface area contributed by atoms with Crippen molar-refractivity contribution in [2.45, 2.75) is 39.3 Å². The van der Waals surface area contributed by atoms with Gasteiger partial charge in [-0.3, -0.25) is 14.9 Å². The van der Waals surface area contributed by atoms with Crippen LogP contribution in [0.25, 0.3) is 0 Å². The number of nitrogens with one attached hydrogen (secondary N) is 2. The lowest BCUT2D eigenvalue weighted by molar-refractivity contribution is -0.141. The standard InChI is InChI=1S/C11H21N3O4S/c1-8(2)12-5-6-19(17,18)14-7-9(15)13-10(16)11(14,3)4/h8,12H,5-7H2,1-4H3,(H,13,15,16). The zero-order chi connectivity index (χ0) is 14.8. The highest BCUT2D eigenvalue weighted by Crippen LogP contribution is 2.22. The van der Waals surface area contributed by atoms with Gasteiger partial charge in [-0.25, -0.2) is 8.42 Å². The summed E-state index contributed by atoms with van der Waals surface area (Å²) in [5.74, 6) is -1.33. The lowest BCUT2D eigenvalue weighted by Gasteiger charge is -2.38. The quantitative estimate of drug-likeness (QED) is 0.637. The number of carbonyl (C=O) groups excluding carboxylic acids is 2. The molecule has 19 heavy (non-hydrogen) atoms. The molecule has 2 N–H and O–H groups in total. The monoisotopic (exact) mass is 291 g/mol. The third kappa shape index (κ3) is 3.74. The lowest BCUT2D eigenvalue weighted by atomic mass is 10.0. The van der Waals surface area contributed by atoms with Crippen LogP contribution in [-0.2, 0) is 19.6 Å². The summed E-state index contributed by atoms with van der Waals surface area (Å²) in [5.41, 5.74) is -1.25. The van der Waals surface area contributed by atoms with Crippen molar-refractivity contribution in [3.05, 3.63) is 0 Å². The molecule has 0 radical (unpaired) electrons. The molecule has 110 valence electrons. The Kier molecular flexibility index (Phi) is 4.70. The fraction of sp³-hybridized carbons (Fsp3) is 0.818. The molecule has 0 aliphatic carbocycles. The molecule has 0 saturated carbocycles. The average molecular weight is 291 g/mol. The molecule has 2 amide bonds. The second-order valence-corrected chi connectivity index (χ2v) is 7.38. The summed E-state index contributed by atoms with van der Waals surface area (Å²) in [6, 6.07) is 0.175. The minimum atomic E-state index is -3.66. The number of piperazine rings is 1. The summed E-state index contributed by atoms with van der Waals surface area (Å²) in [4.78, 5) is 23.1. The molecule has 0 aromatic carbocycles. The van der Waals surface area contributed by atoms with Gasteiger partial charge in [0.2, 0.25) is 21.8 Å². The van der Waals surface area contributed by atoms with Crippen molar-refractivity contribution < 1.29 is 18.0 Å². The Morgan fingerprint density at radius 2 is 1.95 bits per heavy atom. The Hall–Kier alpha value is -0.990. The fourth-order valence-corrected chi connectivity index (χ4v) is 3.48. The van der Waals surface area contributed by atoms with Crippen molar-refractivity contribution in [2.75, 3.05) is 18.8 Å². The van der Waals surface area contributed by atoms with Gasteiger partial charge in [0.05, 0.1) is 12.3 Å². The first-order chi connectivity index (χ1) is 8.57. The van der Waals surface area contributed by atoms with Gasteiger partial charge in [-0.05, 0) is 13.8 Å². The molecule has 1 aliphatic heterocycles. The van der Waals surface area contributed by atoms with E-state index in [1.165, 1.54) is 13.8 Å². The van der Waals surface area contributed by atoms with Crippen molar-refractivity contribution in [1.29, 1.82) is 0 Å². The zero-order valence-corrected chi connectivity index (χ0v) is 12.5. The van der Waals surface area contributed by atoms with E-state index in [-0.39, 0.29) is 24.9 Å². The number of sulfonamides is 1. The van der Waals surface area contributed by atoms with Crippen LogP contribution in [0.4, 0.5) is 0 Å². The first-order valence-corrected chi connectivity index (χ1v) is 7.76. The molecule has 1 saturated heterocycles. The SMILES string of the molecule is CC(C)NCCS(=O)(=O)N1CC(=O)NC(=O)C1(C)C. The predicted octanol–water partition coefficient (Wildman–Crippen LogP) is -0.949. The van der Waals surface area contributed by atoms with E-state index in [2.05, 4.69) is 10.6 Å². The van der Waals surface area contributed by atoms with Crippen LogP contribution in [0.3, 0.4) is 0 Å². The number of amides is 2. The van der Waals surface area contributed by atoms with Crippen molar-refractivity contribution in [2.24, 2.45) is 0 Å². The van der Waals surface area contributed by atoms with Gasteiger partial charge in [0.1, 0.15) is 5.54 Å². The maximum atomic E-state index is 12.2. The van der Waals surface area contributed by atoms with Gasteiger partial charge in [-0.1, -0.05) is 13.8 Å². The van der Waals surface area contributed by atoms with E-state index in [1.54, 1.807) is 0 Å². The van der Waals surface area contributed by atoms with Crippen LogP contribution in [-0.4, -0.2) is 55.0 Å². The Balaban J connectivity index is 2.86. The smallest absolute Gasteiger partial charge is 0.247 e. The Bertz CT molecular complexity index is 470. The predicted molar refractivity (Wildman–Crippen MR) is 70.9 cm³/mol. The number of hydrogen-bond donors (Lipinski definition) is 2. The van der Waals surface area contributed by atoms with Gasteiger partial charge < -0.3 is 5.32 Å². The normalized spacial score (nSPS) is 20.7. The van der Waals surface area contributed by atoms with E-state index in [4.69, 9.17) is 0 Å². The molecule has 1 fully saturated rings. The first kappa shape index (κ1) is 16.1. The number of hydrogen-bond acceptors (Lipinski definition) is 5. The second kappa shape index (κ2) is 5.56. The van der Waals surface area contributed by atoms with Gasteiger partial charge in [0.25, 0.3) is 0 Å². The van der Waals surface area contributed by atoms with Crippen molar-refractivity contribution >= 4 is 21.8 Å². The summed E-state index contributed by atoms with van der Waals surface area (Å²) < 4.78 is 25.4. The third-order valence-corrected chi connectivity index (χ3v) is 4.94. The van der Waals surface area contributed by atoms with Crippen LogP contribution in [0.1, 0.15) is 27.7 Å². The zero-order valence-electron chi connectivity index (χ0n) is 11.7. The molecule has 0 unspecified atom stereocenters. The molecule has 0 atom stereocenters. The number of nitrogens with zero attached hydrogens (tertiary/aromatic N) is 1. The molecule has 1 aliphatic rings. The average Bonchev–Trinajstić information content (AvgIpc) is 2.22. The molecule has 0 aromatic heterocycles. The number of imide groups is 1. The van der Waals surface area contributed by atoms with Crippen LogP contribution in [0.15, 0.2) is 0 Å². The highest BCUT2D eigenvalue weighted by Gasteiger charge is 2.46. The Morgan fingerprint density at radius 3 is 2.47 bits per heavy atom. The number of carbonyl (C=O) groups is 2. The summed E-state index contributed by atoms with van der Waals surface area (Å²) in [5, 5.41) is 5.15. The molecule has 0 bridgehead atoms. The van der Waals surface area contributed by atoms with Gasteiger partial charge >= 0.3 is 0 Å². The molecule has 7 nitrogen and oxygen atoms in total. The van der Waals surface area contributed by atoms with Gasteiger partial charge in [0, 0.05) is 12.6 Å². The maximum absolute atomic E-state index is 12.2. The highest BCUT2D eigenvalue weighted by atomic mass is 32.2. The molecule has 0 spiro atoms. The van der Waals surface area contributed by atoms with Gasteiger partial charge in [0.15, 0.2) is 0 Å². The van der Waals surface area contributed by atoms with Gasteiger partial charge in [-0.15, -0.1) is 0 Å². The lowest BCUT2D eigenvalue weighted by Crippen LogP contribution is -2.65. The molecule has 8 heteroatoms. The second-order valence-electron chi connectivity index (χ2n) is 5.37. The summed E-state index contributed by atoms with van der Waals surface area (Å²) >= 11 is 0. The van der Waals surface area contributed by atoms with E-state index in [0.29, 0.717) is 0 Å². The highest BCUT2D eigenvalue weighted by molar-refractivity contribution is 7.89. The summed E-state index contributed by atoms with van der Waals surface area (Å²) in [7, 11) is -3.66. The van der Waals surface area contributed by atoms with E-state index >= 15 is 0 Å². The van der Waals surface area contributed by atoms with E-state index in [1.807, 2.05) is 13.8 Å². The Morgan fingerprint density at radius 1 is 1.37 bits per heavy atom. The van der Waals surface area contributed by atoms with E-state index in [9.17, 15) is 18.0 Å². The van der Waals surface area contributed by atoms with Crippen molar-refractivity contribution in [3.63, 3.8) is 0 Å². The third-order valence-electron chi connectivity index (χ3n) is 2.97. The van der Waals surface area contributed by atoms with Crippen LogP contribution in [0.5, 0.6) is 0 Å². The maximum Gasteiger partial charge on any atom is 0.247 e. The van der Waals surface area contributed by atoms with Gasteiger partial charge in [-0.2, -0.15) is 4.31 Å². The van der Waals surface area contributed by atoms with E-state index < -0.39 is 27.4 Å². The molecular weight excluding hydrogens is 270 g/mol. The Labute approximate surface area is 113 Å². The first-order valence-electron chi connectivity index (χ1n) is 6.15. The van der Waals surface area contributed by atoms with Crippen molar-refractivity contribution in [3.8, 4) is 0 Å². The molecular formula is C11H21N3O4S. The van der Waals surface area contributed by atoms with Crippen LogP contribution >= 0.6 is 0 Å². The summed E-state index contributed by atoms with van der Waals surface area (Å²) in [6.07, 6.45) is 0. The molecule has 0 aromatic rings. The largest absolute Gasteiger partial charge is 0.313 e. The van der Waals surface area contributed by atoms with Crippen molar-refractivity contribution in [1.82, 2.24) is 14.9 Å². The fourth-order valence-electron chi connectivity index (χ4n) is 1.79. The topological polar surface area (TPSA) is 95.6 Å². The molecule has 1 heterocycles. The van der Waals surface area contributed by atoms with Crippen LogP contribution in [0, 0.1) is 0 Å². The number of rotatable bonds is 5. The minimum absolute atomic E-state index is 0.144. The molecule has 1 rings (SSSR count). The minimum Gasteiger partial charge on any atom is -0.313 e.